The zero-order chi connectivity index (χ0) is 14.4. The highest BCUT2D eigenvalue weighted by Gasteiger charge is 2.17. The lowest BCUT2D eigenvalue weighted by Crippen LogP contribution is -2.38. The van der Waals surface area contributed by atoms with Crippen molar-refractivity contribution in [1.82, 2.24) is 4.90 Å². The highest BCUT2D eigenvalue weighted by molar-refractivity contribution is 9.10. The van der Waals surface area contributed by atoms with Crippen molar-refractivity contribution in [2.45, 2.75) is 25.7 Å². The lowest BCUT2D eigenvalue weighted by Gasteiger charge is -2.26. The van der Waals surface area contributed by atoms with E-state index in [0.717, 1.165) is 48.1 Å². The number of likely N-dealkylation sites (tertiary alicyclic amines) is 1. The number of hydrogen-bond acceptors (Lipinski definition) is 3. The Kier molecular flexibility index (Phi) is 5.86. The van der Waals surface area contributed by atoms with E-state index < -0.39 is 0 Å². The van der Waals surface area contributed by atoms with E-state index >= 15 is 0 Å². The van der Waals surface area contributed by atoms with Crippen molar-refractivity contribution in [2.75, 3.05) is 26.2 Å². The summed E-state index contributed by atoms with van der Waals surface area (Å²) in [4.78, 5) is 14.0. The lowest BCUT2D eigenvalue weighted by atomic mass is 10.1. The average Bonchev–Trinajstić information content (AvgIpc) is 2.47. The Hall–Kier alpha value is -1.07. The maximum absolute atomic E-state index is 12.1. The smallest absolute Gasteiger partial charge is 0.260 e. The molecule has 1 aliphatic heterocycles. The topological polar surface area (TPSA) is 55.6 Å². The number of carbonyl (C=O) groups is 1. The maximum Gasteiger partial charge on any atom is 0.260 e. The van der Waals surface area contributed by atoms with E-state index in [9.17, 15) is 4.79 Å². The van der Waals surface area contributed by atoms with Gasteiger partial charge in [0.2, 0.25) is 0 Å². The molecule has 0 aromatic heterocycles. The van der Waals surface area contributed by atoms with E-state index in [2.05, 4.69) is 15.9 Å². The molecule has 0 bridgehead atoms. The summed E-state index contributed by atoms with van der Waals surface area (Å²) in [6, 6.07) is 5.80. The minimum absolute atomic E-state index is 0.0753. The molecular weight excluding hydrogens is 320 g/mol. The molecule has 1 saturated heterocycles. The van der Waals surface area contributed by atoms with Crippen LogP contribution in [0, 0.1) is 0 Å². The normalized spacial score (nSPS) is 15.2. The number of nitrogens with zero attached hydrogens (tertiary/aromatic N) is 1. The standard InChI is InChI=1S/C15H21BrN2O2/c16-13-4-5-14(12(10-13)6-7-17)20-11-15(19)18-8-2-1-3-9-18/h4-5,10H,1-3,6-9,11,17H2. The number of nitrogens with two attached hydrogens (primary N) is 1. The van der Waals surface area contributed by atoms with E-state index in [4.69, 9.17) is 10.5 Å². The fraction of sp³-hybridized carbons (Fsp3) is 0.533. The zero-order valence-electron chi connectivity index (χ0n) is 11.6. The molecule has 2 rings (SSSR count). The Bertz CT molecular complexity index is 459. The van der Waals surface area contributed by atoms with Crippen molar-refractivity contribution >= 4 is 21.8 Å². The summed E-state index contributed by atoms with van der Waals surface area (Å²) in [5, 5.41) is 0. The van der Waals surface area contributed by atoms with Crippen LogP contribution < -0.4 is 10.5 Å². The van der Waals surface area contributed by atoms with Gasteiger partial charge in [-0.15, -0.1) is 0 Å². The molecule has 1 aromatic rings. The second-order valence-electron chi connectivity index (χ2n) is 5.02. The molecule has 1 fully saturated rings. The van der Waals surface area contributed by atoms with Crippen LogP contribution in [0.5, 0.6) is 5.75 Å². The van der Waals surface area contributed by atoms with Crippen molar-refractivity contribution in [3.8, 4) is 5.75 Å². The molecule has 20 heavy (non-hydrogen) atoms. The van der Waals surface area contributed by atoms with Crippen LogP contribution in [0.25, 0.3) is 0 Å². The number of ether oxygens (including phenoxy) is 1. The van der Waals surface area contributed by atoms with Gasteiger partial charge in [0.05, 0.1) is 0 Å². The van der Waals surface area contributed by atoms with Gasteiger partial charge in [-0.2, -0.15) is 0 Å². The van der Waals surface area contributed by atoms with Crippen LogP contribution in [-0.2, 0) is 11.2 Å². The van der Waals surface area contributed by atoms with Crippen molar-refractivity contribution in [2.24, 2.45) is 5.73 Å². The summed E-state index contributed by atoms with van der Waals surface area (Å²) in [6.45, 7) is 2.39. The van der Waals surface area contributed by atoms with Crippen molar-refractivity contribution in [3.05, 3.63) is 28.2 Å². The first kappa shape index (κ1) is 15.3. The first-order chi connectivity index (χ1) is 9.70. The van der Waals surface area contributed by atoms with Gasteiger partial charge in [0.15, 0.2) is 6.61 Å². The minimum Gasteiger partial charge on any atom is -0.483 e. The third-order valence-corrected chi connectivity index (χ3v) is 3.99. The third kappa shape index (κ3) is 4.21. The molecule has 1 aromatic carbocycles. The molecule has 1 aliphatic rings. The van der Waals surface area contributed by atoms with Crippen LogP contribution >= 0.6 is 15.9 Å². The van der Waals surface area contributed by atoms with Crippen LogP contribution in [0.15, 0.2) is 22.7 Å². The SMILES string of the molecule is NCCc1cc(Br)ccc1OCC(=O)N1CCCCC1. The molecule has 0 unspecified atom stereocenters. The van der Waals surface area contributed by atoms with Gasteiger partial charge >= 0.3 is 0 Å². The molecular formula is C15H21BrN2O2. The Labute approximate surface area is 128 Å². The molecule has 110 valence electrons. The highest BCUT2D eigenvalue weighted by atomic mass is 79.9. The second-order valence-corrected chi connectivity index (χ2v) is 5.94. The predicted octanol–water partition coefficient (Wildman–Crippen LogP) is 2.34. The fourth-order valence-electron chi connectivity index (χ4n) is 2.41. The van der Waals surface area contributed by atoms with Gasteiger partial charge in [0.1, 0.15) is 5.75 Å². The van der Waals surface area contributed by atoms with E-state index in [1.54, 1.807) is 0 Å². The van der Waals surface area contributed by atoms with Crippen LogP contribution in [0.3, 0.4) is 0 Å². The Morgan fingerprint density at radius 3 is 2.75 bits per heavy atom. The summed E-state index contributed by atoms with van der Waals surface area (Å²) in [5.74, 6) is 0.829. The van der Waals surface area contributed by atoms with Crippen LogP contribution in [0.4, 0.5) is 0 Å². The predicted molar refractivity (Wildman–Crippen MR) is 82.8 cm³/mol. The third-order valence-electron chi connectivity index (χ3n) is 3.50. The van der Waals surface area contributed by atoms with Gasteiger partial charge in [-0.3, -0.25) is 4.79 Å². The number of hydrogen-bond donors (Lipinski definition) is 1. The summed E-state index contributed by atoms with van der Waals surface area (Å²) in [5.41, 5.74) is 6.64. The molecule has 2 N–H and O–H groups in total. The Morgan fingerprint density at radius 2 is 2.05 bits per heavy atom. The van der Waals surface area contributed by atoms with Crippen LogP contribution in [0.2, 0.25) is 0 Å². The molecule has 0 saturated carbocycles. The second kappa shape index (κ2) is 7.64. The Balaban J connectivity index is 1.94. The van der Waals surface area contributed by atoms with Gasteiger partial charge in [0.25, 0.3) is 5.91 Å². The van der Waals surface area contributed by atoms with Crippen LogP contribution in [-0.4, -0.2) is 37.0 Å². The van der Waals surface area contributed by atoms with E-state index in [-0.39, 0.29) is 12.5 Å². The van der Waals surface area contributed by atoms with E-state index in [0.29, 0.717) is 6.54 Å². The van der Waals surface area contributed by atoms with Crippen molar-refractivity contribution in [3.63, 3.8) is 0 Å². The van der Waals surface area contributed by atoms with E-state index in [1.165, 1.54) is 6.42 Å². The molecule has 4 nitrogen and oxygen atoms in total. The summed E-state index contributed by atoms with van der Waals surface area (Å²) < 4.78 is 6.69. The van der Waals surface area contributed by atoms with Gasteiger partial charge in [-0.25, -0.2) is 0 Å². The van der Waals surface area contributed by atoms with E-state index in [1.807, 2.05) is 23.1 Å². The van der Waals surface area contributed by atoms with Gasteiger partial charge in [-0.05, 0) is 56.0 Å². The quantitative estimate of drug-likeness (QED) is 0.894. The molecule has 1 heterocycles. The Morgan fingerprint density at radius 1 is 1.30 bits per heavy atom. The summed E-state index contributed by atoms with van der Waals surface area (Å²) in [6.07, 6.45) is 4.16. The fourth-order valence-corrected chi connectivity index (χ4v) is 2.82. The number of rotatable bonds is 5. The largest absolute Gasteiger partial charge is 0.483 e. The minimum atomic E-state index is 0.0753. The number of halogens is 1. The van der Waals surface area contributed by atoms with Crippen molar-refractivity contribution in [1.29, 1.82) is 0 Å². The van der Waals surface area contributed by atoms with Gasteiger partial charge in [0, 0.05) is 17.6 Å². The van der Waals surface area contributed by atoms with Gasteiger partial charge < -0.3 is 15.4 Å². The molecule has 0 aliphatic carbocycles. The highest BCUT2D eigenvalue weighted by Crippen LogP contribution is 2.23. The van der Waals surface area contributed by atoms with Crippen LogP contribution in [0.1, 0.15) is 24.8 Å². The average molecular weight is 341 g/mol. The molecule has 0 atom stereocenters. The molecule has 0 radical (unpaired) electrons. The molecule has 1 amide bonds. The lowest BCUT2D eigenvalue weighted by molar-refractivity contribution is -0.134. The monoisotopic (exact) mass is 340 g/mol. The maximum atomic E-state index is 12.1. The summed E-state index contributed by atoms with van der Waals surface area (Å²) in [7, 11) is 0. The number of amides is 1. The van der Waals surface area contributed by atoms with Gasteiger partial charge in [-0.1, -0.05) is 15.9 Å². The number of carbonyl (C=O) groups excluding carboxylic acids is 1. The first-order valence-corrected chi connectivity index (χ1v) is 7.89. The molecule has 0 spiro atoms. The number of piperidine rings is 1. The van der Waals surface area contributed by atoms with Crippen molar-refractivity contribution < 1.29 is 9.53 Å². The zero-order valence-corrected chi connectivity index (χ0v) is 13.2. The molecule has 5 heteroatoms. The first-order valence-electron chi connectivity index (χ1n) is 7.10. The summed E-state index contributed by atoms with van der Waals surface area (Å²) >= 11 is 3.44. The number of benzene rings is 1.